The zero-order valence-corrected chi connectivity index (χ0v) is 13.1. The van der Waals surface area contributed by atoms with E-state index in [1.165, 1.54) is 13.5 Å². The third kappa shape index (κ3) is 4.01. The highest BCUT2D eigenvalue weighted by atomic mass is 35.5. The predicted octanol–water partition coefficient (Wildman–Crippen LogP) is 4.38. The minimum atomic E-state index is -0.628. The summed E-state index contributed by atoms with van der Waals surface area (Å²) >= 11 is 12.2. The number of hydrogen-bond acceptors (Lipinski definition) is 3. The lowest BCUT2D eigenvalue weighted by Gasteiger charge is -2.24. The van der Waals surface area contributed by atoms with Crippen molar-refractivity contribution in [2.24, 2.45) is 0 Å². The molecule has 1 saturated heterocycles. The molecule has 1 N–H and O–H groups in total. The third-order valence-electron chi connectivity index (χ3n) is 3.67. The molecule has 0 radical (unpaired) electrons. The maximum absolute atomic E-state index is 10.3. The van der Waals surface area contributed by atoms with Crippen LogP contribution in [0.1, 0.15) is 43.8 Å². The second kappa shape index (κ2) is 7.51. The van der Waals surface area contributed by atoms with Gasteiger partial charge in [0.2, 0.25) is 0 Å². The van der Waals surface area contributed by atoms with Crippen molar-refractivity contribution in [1.29, 1.82) is 0 Å². The first kappa shape index (κ1) is 15.9. The molecule has 1 aromatic rings. The van der Waals surface area contributed by atoms with Gasteiger partial charge in [-0.05, 0) is 38.2 Å². The standard InChI is InChI=1S/C15H20Cl2O3/c1-19-15-9-12(16)11(8-13(15)17)14(18)6-5-10-4-2-3-7-20-10/h8-10,14,18H,2-7H2,1H3. The molecule has 3 nitrogen and oxygen atoms in total. The van der Waals surface area contributed by atoms with Crippen molar-refractivity contribution in [1.82, 2.24) is 0 Å². The first-order chi connectivity index (χ1) is 9.61. The lowest BCUT2D eigenvalue weighted by Crippen LogP contribution is -2.19. The van der Waals surface area contributed by atoms with Crippen molar-refractivity contribution >= 4 is 23.2 Å². The van der Waals surface area contributed by atoms with Crippen molar-refractivity contribution in [3.8, 4) is 5.75 Å². The average molecular weight is 319 g/mol. The van der Waals surface area contributed by atoms with Gasteiger partial charge in [0.25, 0.3) is 0 Å². The minimum absolute atomic E-state index is 0.255. The van der Waals surface area contributed by atoms with Gasteiger partial charge in [-0.2, -0.15) is 0 Å². The van der Waals surface area contributed by atoms with Crippen LogP contribution in [-0.2, 0) is 4.74 Å². The molecule has 0 bridgehead atoms. The molecule has 2 atom stereocenters. The number of methoxy groups -OCH3 is 1. The Balaban J connectivity index is 1.97. The zero-order valence-electron chi connectivity index (χ0n) is 11.6. The number of ether oxygens (including phenoxy) is 2. The van der Waals surface area contributed by atoms with Gasteiger partial charge in [0.1, 0.15) is 5.75 Å². The molecule has 0 aliphatic carbocycles. The van der Waals surface area contributed by atoms with Crippen molar-refractivity contribution in [3.63, 3.8) is 0 Å². The van der Waals surface area contributed by atoms with E-state index in [-0.39, 0.29) is 6.10 Å². The molecule has 112 valence electrons. The normalized spacial score (nSPS) is 20.7. The molecule has 2 unspecified atom stereocenters. The minimum Gasteiger partial charge on any atom is -0.495 e. The van der Waals surface area contributed by atoms with Gasteiger partial charge in [-0.1, -0.05) is 23.2 Å². The smallest absolute Gasteiger partial charge is 0.138 e. The van der Waals surface area contributed by atoms with Gasteiger partial charge < -0.3 is 14.6 Å². The second-order valence-electron chi connectivity index (χ2n) is 5.09. The Morgan fingerprint density at radius 2 is 2.15 bits per heavy atom. The quantitative estimate of drug-likeness (QED) is 0.875. The van der Waals surface area contributed by atoms with E-state index in [0.717, 1.165) is 25.9 Å². The number of hydrogen-bond donors (Lipinski definition) is 1. The van der Waals surface area contributed by atoms with Crippen LogP contribution in [0.2, 0.25) is 10.0 Å². The molecule has 0 spiro atoms. The van der Waals surface area contributed by atoms with Crippen LogP contribution in [0.4, 0.5) is 0 Å². The predicted molar refractivity (Wildman–Crippen MR) is 80.8 cm³/mol. The van der Waals surface area contributed by atoms with Crippen molar-refractivity contribution < 1.29 is 14.6 Å². The van der Waals surface area contributed by atoms with Gasteiger partial charge >= 0.3 is 0 Å². The van der Waals surface area contributed by atoms with Crippen LogP contribution in [0.5, 0.6) is 5.75 Å². The molecule has 20 heavy (non-hydrogen) atoms. The molecule has 0 amide bonds. The second-order valence-corrected chi connectivity index (χ2v) is 5.90. The van der Waals surface area contributed by atoms with Crippen LogP contribution in [0.15, 0.2) is 12.1 Å². The van der Waals surface area contributed by atoms with Crippen LogP contribution in [0, 0.1) is 0 Å². The van der Waals surface area contributed by atoms with Gasteiger partial charge in [-0.15, -0.1) is 0 Å². The first-order valence-corrected chi connectivity index (χ1v) is 7.70. The molecule has 0 aromatic heterocycles. The van der Waals surface area contributed by atoms with E-state index in [9.17, 15) is 5.11 Å². The Morgan fingerprint density at radius 3 is 2.80 bits per heavy atom. The highest BCUT2D eigenvalue weighted by Gasteiger charge is 2.19. The van der Waals surface area contributed by atoms with E-state index in [1.54, 1.807) is 12.1 Å². The molecule has 1 aliphatic rings. The van der Waals surface area contributed by atoms with Crippen molar-refractivity contribution in [2.75, 3.05) is 13.7 Å². The Labute approximate surface area is 129 Å². The fourth-order valence-electron chi connectivity index (χ4n) is 2.49. The summed E-state index contributed by atoms with van der Waals surface area (Å²) in [6.45, 7) is 0.829. The summed E-state index contributed by atoms with van der Waals surface area (Å²) in [5.74, 6) is 0.517. The Hall–Kier alpha value is -0.480. The number of benzene rings is 1. The number of aliphatic hydroxyl groups is 1. The van der Waals surface area contributed by atoms with E-state index < -0.39 is 6.10 Å². The van der Waals surface area contributed by atoms with Gasteiger partial charge in [-0.25, -0.2) is 0 Å². The van der Waals surface area contributed by atoms with Gasteiger partial charge in [0, 0.05) is 18.2 Å². The fourth-order valence-corrected chi connectivity index (χ4v) is 3.02. The number of aliphatic hydroxyl groups excluding tert-OH is 1. The van der Waals surface area contributed by atoms with Crippen LogP contribution < -0.4 is 4.74 Å². The van der Waals surface area contributed by atoms with Gasteiger partial charge in [-0.3, -0.25) is 0 Å². The van der Waals surface area contributed by atoms with Crippen LogP contribution in [-0.4, -0.2) is 24.9 Å². The maximum Gasteiger partial charge on any atom is 0.138 e. The SMILES string of the molecule is COc1cc(Cl)c(C(O)CCC2CCCCO2)cc1Cl. The molecule has 1 aromatic carbocycles. The summed E-state index contributed by atoms with van der Waals surface area (Å²) in [7, 11) is 1.54. The monoisotopic (exact) mass is 318 g/mol. The molecular weight excluding hydrogens is 299 g/mol. The summed E-state index contributed by atoms with van der Waals surface area (Å²) < 4.78 is 10.8. The van der Waals surface area contributed by atoms with Crippen LogP contribution in [0.3, 0.4) is 0 Å². The van der Waals surface area contributed by atoms with Gasteiger partial charge in [0.05, 0.1) is 29.4 Å². The summed E-state index contributed by atoms with van der Waals surface area (Å²) in [4.78, 5) is 0. The maximum atomic E-state index is 10.3. The van der Waals surface area contributed by atoms with E-state index in [0.29, 0.717) is 27.8 Å². The highest BCUT2D eigenvalue weighted by Crippen LogP contribution is 2.35. The summed E-state index contributed by atoms with van der Waals surface area (Å²) in [5, 5.41) is 11.2. The van der Waals surface area contributed by atoms with E-state index in [2.05, 4.69) is 0 Å². The summed E-state index contributed by atoms with van der Waals surface area (Å²) in [6, 6.07) is 3.31. The number of rotatable bonds is 5. The van der Waals surface area contributed by atoms with E-state index in [4.69, 9.17) is 32.7 Å². The first-order valence-electron chi connectivity index (χ1n) is 6.94. The highest BCUT2D eigenvalue weighted by molar-refractivity contribution is 6.34. The third-order valence-corrected chi connectivity index (χ3v) is 4.29. The molecule has 1 fully saturated rings. The van der Waals surface area contributed by atoms with Crippen molar-refractivity contribution in [3.05, 3.63) is 27.7 Å². The Kier molecular flexibility index (Phi) is 5.97. The van der Waals surface area contributed by atoms with Crippen LogP contribution >= 0.6 is 23.2 Å². The molecule has 1 aliphatic heterocycles. The molecule has 1 heterocycles. The fraction of sp³-hybridized carbons (Fsp3) is 0.600. The zero-order chi connectivity index (χ0) is 14.5. The Morgan fingerprint density at radius 1 is 1.35 bits per heavy atom. The number of halogens is 2. The van der Waals surface area contributed by atoms with E-state index in [1.807, 2.05) is 0 Å². The lowest BCUT2D eigenvalue weighted by atomic mass is 9.99. The van der Waals surface area contributed by atoms with Crippen molar-refractivity contribution in [2.45, 2.75) is 44.3 Å². The largest absolute Gasteiger partial charge is 0.495 e. The topological polar surface area (TPSA) is 38.7 Å². The van der Waals surface area contributed by atoms with E-state index >= 15 is 0 Å². The summed E-state index contributed by atoms with van der Waals surface area (Å²) in [6.07, 6.45) is 4.50. The molecule has 5 heteroatoms. The Bertz CT molecular complexity index is 445. The molecule has 0 saturated carbocycles. The molecule has 2 rings (SSSR count). The van der Waals surface area contributed by atoms with Crippen LogP contribution in [0.25, 0.3) is 0 Å². The average Bonchev–Trinajstić information content (AvgIpc) is 2.47. The van der Waals surface area contributed by atoms with Gasteiger partial charge in [0.15, 0.2) is 0 Å². The molecular formula is C15H20Cl2O3. The summed E-state index contributed by atoms with van der Waals surface area (Å²) in [5.41, 5.74) is 0.647. The lowest BCUT2D eigenvalue weighted by molar-refractivity contribution is 0.00213.